The van der Waals surface area contributed by atoms with Crippen molar-refractivity contribution in [1.29, 1.82) is 0 Å². The van der Waals surface area contributed by atoms with Crippen LogP contribution in [0.5, 0.6) is 0 Å². The van der Waals surface area contributed by atoms with Crippen LogP contribution >= 0.6 is 0 Å². The molecule has 0 fully saturated rings. The number of rotatable bonds is 4. The van der Waals surface area contributed by atoms with Crippen molar-refractivity contribution in [2.75, 3.05) is 7.05 Å². The molecule has 0 aliphatic heterocycles. The van der Waals surface area contributed by atoms with Crippen molar-refractivity contribution in [3.05, 3.63) is 29.3 Å². The van der Waals surface area contributed by atoms with E-state index < -0.39 is 22.0 Å². The first-order valence-corrected chi connectivity index (χ1v) is 7.60. The smallest absolute Gasteiger partial charge is 0.321 e. The third-order valence-electron chi connectivity index (χ3n) is 3.65. The molecule has 1 aliphatic carbocycles. The van der Waals surface area contributed by atoms with E-state index in [1.807, 2.05) is 6.07 Å². The summed E-state index contributed by atoms with van der Waals surface area (Å²) in [5.41, 5.74) is 2.24. The molecule has 5 nitrogen and oxygen atoms in total. The summed E-state index contributed by atoms with van der Waals surface area (Å²) in [6.07, 6.45) is 2.91. The van der Waals surface area contributed by atoms with Gasteiger partial charge in [-0.05, 0) is 49.4 Å². The zero-order chi connectivity index (χ0) is 14.2. The van der Waals surface area contributed by atoms with Crippen LogP contribution in [0.25, 0.3) is 0 Å². The average molecular weight is 283 g/mol. The van der Waals surface area contributed by atoms with Gasteiger partial charge in [-0.1, -0.05) is 6.07 Å². The Hall–Kier alpha value is -1.40. The Balaban J connectivity index is 2.37. The zero-order valence-electron chi connectivity index (χ0n) is 11.0. The highest BCUT2D eigenvalue weighted by atomic mass is 32.2. The van der Waals surface area contributed by atoms with Crippen LogP contribution in [0.15, 0.2) is 23.1 Å². The lowest BCUT2D eigenvalue weighted by atomic mass is 10.1. The van der Waals surface area contributed by atoms with E-state index in [1.165, 1.54) is 19.5 Å². The van der Waals surface area contributed by atoms with E-state index >= 15 is 0 Å². The summed E-state index contributed by atoms with van der Waals surface area (Å²) in [5, 5.41) is 8.91. The van der Waals surface area contributed by atoms with Gasteiger partial charge in [-0.15, -0.1) is 0 Å². The third-order valence-corrected chi connectivity index (χ3v) is 5.57. The van der Waals surface area contributed by atoms with Gasteiger partial charge in [0, 0.05) is 7.05 Å². The number of fused-ring (bicyclic) bond motifs is 1. The quantitative estimate of drug-likeness (QED) is 0.903. The number of sulfonamides is 1. The Morgan fingerprint density at radius 1 is 1.32 bits per heavy atom. The first-order valence-electron chi connectivity index (χ1n) is 6.16. The summed E-state index contributed by atoms with van der Waals surface area (Å²) in [6.45, 7) is 1.35. The Labute approximate surface area is 112 Å². The summed E-state index contributed by atoms with van der Waals surface area (Å²) >= 11 is 0. The SMILES string of the molecule is CC(C(=O)O)N(C)S(=O)(=O)c1ccc2c(c1)CCC2. The largest absolute Gasteiger partial charge is 0.480 e. The second-order valence-corrected chi connectivity index (χ2v) is 6.82. The van der Waals surface area contributed by atoms with Crippen LogP contribution in [0, 0.1) is 0 Å². The number of hydrogen-bond donors (Lipinski definition) is 1. The highest BCUT2D eigenvalue weighted by Gasteiger charge is 2.30. The van der Waals surface area contributed by atoms with Gasteiger partial charge in [0.2, 0.25) is 10.0 Å². The molecule has 104 valence electrons. The first-order chi connectivity index (χ1) is 8.84. The van der Waals surface area contributed by atoms with Gasteiger partial charge in [0.25, 0.3) is 0 Å². The number of benzene rings is 1. The molecule has 19 heavy (non-hydrogen) atoms. The molecule has 6 heteroatoms. The molecule has 0 saturated carbocycles. The maximum Gasteiger partial charge on any atom is 0.321 e. The number of likely N-dealkylation sites (N-methyl/N-ethyl adjacent to an activating group) is 1. The molecular formula is C13H17NO4S. The van der Waals surface area contributed by atoms with Crippen LogP contribution in [0.1, 0.15) is 24.5 Å². The van der Waals surface area contributed by atoms with Gasteiger partial charge in [-0.3, -0.25) is 4.79 Å². The predicted molar refractivity (Wildman–Crippen MR) is 70.5 cm³/mol. The molecule has 0 aromatic heterocycles. The molecule has 2 rings (SSSR count). The lowest BCUT2D eigenvalue weighted by Crippen LogP contribution is -2.40. The summed E-state index contributed by atoms with van der Waals surface area (Å²) in [5.74, 6) is -1.16. The Bertz CT molecular complexity index is 609. The van der Waals surface area contributed by atoms with Crippen molar-refractivity contribution < 1.29 is 18.3 Å². The van der Waals surface area contributed by atoms with Gasteiger partial charge in [-0.2, -0.15) is 4.31 Å². The van der Waals surface area contributed by atoms with E-state index in [4.69, 9.17) is 5.11 Å². The van der Waals surface area contributed by atoms with Gasteiger partial charge < -0.3 is 5.11 Å². The van der Waals surface area contributed by atoms with Crippen molar-refractivity contribution in [2.45, 2.75) is 37.1 Å². The fourth-order valence-corrected chi connectivity index (χ4v) is 3.61. The van der Waals surface area contributed by atoms with Crippen molar-refractivity contribution in [2.24, 2.45) is 0 Å². The maximum atomic E-state index is 12.3. The lowest BCUT2D eigenvalue weighted by Gasteiger charge is -2.21. The molecule has 0 heterocycles. The fourth-order valence-electron chi connectivity index (χ4n) is 2.24. The van der Waals surface area contributed by atoms with Crippen LogP contribution in [0.4, 0.5) is 0 Å². The van der Waals surface area contributed by atoms with Crippen LogP contribution in [-0.2, 0) is 27.7 Å². The van der Waals surface area contributed by atoms with Gasteiger partial charge in [0.05, 0.1) is 4.90 Å². The number of carboxylic acids is 1. The van der Waals surface area contributed by atoms with Crippen LogP contribution in [0.2, 0.25) is 0 Å². The topological polar surface area (TPSA) is 74.7 Å². The summed E-state index contributed by atoms with van der Waals surface area (Å²) < 4.78 is 25.6. The van der Waals surface area contributed by atoms with Gasteiger partial charge in [-0.25, -0.2) is 8.42 Å². The Morgan fingerprint density at radius 2 is 1.95 bits per heavy atom. The van der Waals surface area contributed by atoms with E-state index in [2.05, 4.69) is 0 Å². The van der Waals surface area contributed by atoms with Crippen LogP contribution < -0.4 is 0 Å². The number of hydrogen-bond acceptors (Lipinski definition) is 3. The highest BCUT2D eigenvalue weighted by Crippen LogP contribution is 2.26. The van der Waals surface area contributed by atoms with Crippen molar-refractivity contribution >= 4 is 16.0 Å². The summed E-state index contributed by atoms with van der Waals surface area (Å²) in [6, 6.07) is 3.97. The molecule has 1 N–H and O–H groups in total. The first kappa shape index (κ1) is 14.0. The number of carboxylic acid groups (broad SMARTS) is 1. The van der Waals surface area contributed by atoms with E-state index in [0.29, 0.717) is 0 Å². The standard InChI is InChI=1S/C13H17NO4S/c1-9(13(15)16)14(2)19(17,18)12-7-6-10-4-3-5-11(10)8-12/h6-9H,3-5H2,1-2H3,(H,15,16). The highest BCUT2D eigenvalue weighted by molar-refractivity contribution is 7.89. The normalized spacial score (nSPS) is 16.4. The Kier molecular flexibility index (Phi) is 3.64. The molecular weight excluding hydrogens is 266 g/mol. The van der Waals surface area contributed by atoms with Crippen molar-refractivity contribution in [1.82, 2.24) is 4.31 Å². The number of aryl methyl sites for hydroxylation is 2. The van der Waals surface area contributed by atoms with Gasteiger partial charge >= 0.3 is 5.97 Å². The molecule has 0 spiro atoms. The molecule has 1 unspecified atom stereocenters. The Morgan fingerprint density at radius 3 is 2.58 bits per heavy atom. The van der Waals surface area contributed by atoms with Crippen LogP contribution in [0.3, 0.4) is 0 Å². The average Bonchev–Trinajstić information content (AvgIpc) is 2.83. The second-order valence-electron chi connectivity index (χ2n) is 4.82. The third kappa shape index (κ3) is 2.50. The number of carbonyl (C=O) groups is 1. The fraction of sp³-hybridized carbons (Fsp3) is 0.462. The van der Waals surface area contributed by atoms with Gasteiger partial charge in [0.1, 0.15) is 6.04 Å². The molecule has 0 saturated heterocycles. The summed E-state index contributed by atoms with van der Waals surface area (Å²) in [7, 11) is -2.46. The molecule has 1 atom stereocenters. The second kappa shape index (κ2) is 4.94. The molecule has 0 bridgehead atoms. The lowest BCUT2D eigenvalue weighted by molar-refractivity contribution is -0.140. The number of nitrogens with zero attached hydrogens (tertiary/aromatic N) is 1. The van der Waals surface area contributed by atoms with E-state index in [0.717, 1.165) is 29.1 Å². The molecule has 1 aromatic rings. The minimum Gasteiger partial charge on any atom is -0.480 e. The van der Waals surface area contributed by atoms with Crippen LogP contribution in [-0.4, -0.2) is 36.9 Å². The number of aliphatic carboxylic acids is 1. The predicted octanol–water partition coefficient (Wildman–Crippen LogP) is 1.27. The molecule has 0 radical (unpaired) electrons. The van der Waals surface area contributed by atoms with E-state index in [-0.39, 0.29) is 4.90 Å². The maximum absolute atomic E-state index is 12.3. The van der Waals surface area contributed by atoms with Crippen molar-refractivity contribution in [3.8, 4) is 0 Å². The minimum absolute atomic E-state index is 0.170. The minimum atomic E-state index is -3.75. The summed E-state index contributed by atoms with van der Waals surface area (Å²) in [4.78, 5) is 11.1. The van der Waals surface area contributed by atoms with E-state index in [1.54, 1.807) is 12.1 Å². The molecule has 1 aliphatic rings. The van der Waals surface area contributed by atoms with Crippen molar-refractivity contribution in [3.63, 3.8) is 0 Å². The zero-order valence-corrected chi connectivity index (χ0v) is 11.8. The van der Waals surface area contributed by atoms with Gasteiger partial charge in [0.15, 0.2) is 0 Å². The molecule has 1 aromatic carbocycles. The molecule has 0 amide bonds. The monoisotopic (exact) mass is 283 g/mol. The van der Waals surface area contributed by atoms with E-state index in [9.17, 15) is 13.2 Å².